The van der Waals surface area contributed by atoms with E-state index in [0.29, 0.717) is 0 Å². The van der Waals surface area contributed by atoms with Gasteiger partial charge in [0.25, 0.3) is 0 Å². The van der Waals surface area contributed by atoms with Crippen molar-refractivity contribution in [2.45, 2.75) is 44.9 Å². The van der Waals surface area contributed by atoms with Crippen LogP contribution >= 0.6 is 0 Å². The summed E-state index contributed by atoms with van der Waals surface area (Å²) in [5, 5.41) is 8.48. The van der Waals surface area contributed by atoms with Crippen LogP contribution in [0.1, 0.15) is 44.9 Å². The van der Waals surface area contributed by atoms with Gasteiger partial charge in [0, 0.05) is 20.0 Å². The number of nitrogens with zero attached hydrogens (tertiary/aromatic N) is 1. The lowest BCUT2D eigenvalue weighted by molar-refractivity contribution is -0.140. The molecule has 0 spiro atoms. The molecule has 92 valence electrons. The maximum atomic E-state index is 11.5. The zero-order valence-electron chi connectivity index (χ0n) is 9.95. The lowest BCUT2D eigenvalue weighted by atomic mass is 10.0. The third kappa shape index (κ3) is 4.64. The molecule has 1 saturated carbocycles. The third-order valence-corrected chi connectivity index (χ3v) is 3.33. The molecule has 0 radical (unpaired) electrons. The van der Waals surface area contributed by atoms with Crippen molar-refractivity contribution in [3.63, 3.8) is 0 Å². The molecule has 0 aromatic heterocycles. The minimum absolute atomic E-state index is 0.0552. The van der Waals surface area contributed by atoms with Gasteiger partial charge in [-0.15, -0.1) is 0 Å². The lowest BCUT2D eigenvalue weighted by Gasteiger charge is -2.18. The van der Waals surface area contributed by atoms with E-state index in [1.807, 2.05) is 0 Å². The highest BCUT2D eigenvalue weighted by Gasteiger charge is 2.17. The number of aliphatic carboxylic acids is 1. The molecule has 4 nitrogen and oxygen atoms in total. The predicted octanol–water partition coefficient (Wildman–Crippen LogP) is 1.89. The van der Waals surface area contributed by atoms with Gasteiger partial charge in [-0.1, -0.05) is 25.7 Å². The molecule has 0 saturated heterocycles. The fourth-order valence-corrected chi connectivity index (χ4v) is 2.20. The molecular formula is C12H21NO3. The van der Waals surface area contributed by atoms with E-state index >= 15 is 0 Å². The van der Waals surface area contributed by atoms with Crippen LogP contribution in [-0.4, -0.2) is 35.5 Å². The average Bonchev–Trinajstić information content (AvgIpc) is 2.75. The first-order valence-electron chi connectivity index (χ1n) is 6.05. The van der Waals surface area contributed by atoms with Gasteiger partial charge >= 0.3 is 5.97 Å². The number of rotatable bonds is 6. The predicted molar refractivity (Wildman–Crippen MR) is 61.1 cm³/mol. The standard InChI is InChI=1S/C12H21NO3/c1-13(11(14)6-7-12(15)16)9-8-10-4-2-3-5-10/h10H,2-9H2,1H3,(H,15,16). The second kappa shape index (κ2) is 6.51. The minimum atomic E-state index is -0.905. The lowest BCUT2D eigenvalue weighted by Crippen LogP contribution is -2.28. The molecule has 0 unspecified atom stereocenters. The van der Waals surface area contributed by atoms with Crippen LogP contribution in [-0.2, 0) is 9.59 Å². The number of carboxylic acid groups (broad SMARTS) is 1. The molecule has 0 atom stereocenters. The van der Waals surface area contributed by atoms with Crippen molar-refractivity contribution in [1.82, 2.24) is 4.90 Å². The summed E-state index contributed by atoms with van der Waals surface area (Å²) in [6, 6.07) is 0. The first kappa shape index (κ1) is 13.0. The SMILES string of the molecule is CN(CCC1CCCC1)C(=O)CCC(=O)O. The van der Waals surface area contributed by atoms with E-state index in [-0.39, 0.29) is 18.7 Å². The molecule has 0 bridgehead atoms. The van der Waals surface area contributed by atoms with Crippen molar-refractivity contribution in [2.24, 2.45) is 5.92 Å². The number of hydrogen-bond acceptors (Lipinski definition) is 2. The molecule has 1 amide bonds. The Morgan fingerprint density at radius 1 is 1.25 bits per heavy atom. The van der Waals surface area contributed by atoms with E-state index in [0.717, 1.165) is 18.9 Å². The van der Waals surface area contributed by atoms with Crippen LogP contribution in [0.2, 0.25) is 0 Å². The molecule has 1 N–H and O–H groups in total. The summed E-state index contributed by atoms with van der Waals surface area (Å²) in [7, 11) is 1.76. The number of carbonyl (C=O) groups excluding carboxylic acids is 1. The van der Waals surface area contributed by atoms with Crippen LogP contribution in [0.15, 0.2) is 0 Å². The number of amides is 1. The molecular weight excluding hydrogens is 206 g/mol. The molecule has 16 heavy (non-hydrogen) atoms. The summed E-state index contributed by atoms with van der Waals surface area (Å²) in [5.74, 6) is -0.187. The van der Waals surface area contributed by atoms with Crippen LogP contribution in [0, 0.1) is 5.92 Å². The van der Waals surface area contributed by atoms with Gasteiger partial charge in [-0.3, -0.25) is 9.59 Å². The second-order valence-electron chi connectivity index (χ2n) is 4.65. The quantitative estimate of drug-likeness (QED) is 0.753. The average molecular weight is 227 g/mol. The van der Waals surface area contributed by atoms with Gasteiger partial charge in [0.15, 0.2) is 0 Å². The number of carboxylic acids is 1. The topological polar surface area (TPSA) is 57.6 Å². The minimum Gasteiger partial charge on any atom is -0.481 e. The van der Waals surface area contributed by atoms with Crippen LogP contribution < -0.4 is 0 Å². The molecule has 1 fully saturated rings. The Morgan fingerprint density at radius 3 is 2.44 bits per heavy atom. The van der Waals surface area contributed by atoms with Gasteiger partial charge in [-0.2, -0.15) is 0 Å². The van der Waals surface area contributed by atoms with Gasteiger partial charge in [0.1, 0.15) is 0 Å². The largest absolute Gasteiger partial charge is 0.481 e. The first-order chi connectivity index (χ1) is 7.59. The van der Waals surface area contributed by atoms with Crippen LogP contribution in [0.3, 0.4) is 0 Å². The molecule has 0 aromatic carbocycles. The van der Waals surface area contributed by atoms with E-state index in [2.05, 4.69) is 0 Å². The molecule has 0 heterocycles. The molecule has 0 aromatic rings. The first-order valence-corrected chi connectivity index (χ1v) is 6.05. The zero-order chi connectivity index (χ0) is 12.0. The zero-order valence-corrected chi connectivity index (χ0v) is 9.95. The summed E-state index contributed by atoms with van der Waals surface area (Å²) in [5.41, 5.74) is 0. The summed E-state index contributed by atoms with van der Waals surface area (Å²) in [4.78, 5) is 23.5. The maximum Gasteiger partial charge on any atom is 0.303 e. The number of hydrogen-bond donors (Lipinski definition) is 1. The molecule has 1 aliphatic rings. The van der Waals surface area contributed by atoms with E-state index in [1.54, 1.807) is 11.9 Å². The van der Waals surface area contributed by atoms with Crippen molar-refractivity contribution >= 4 is 11.9 Å². The van der Waals surface area contributed by atoms with Crippen molar-refractivity contribution in [2.75, 3.05) is 13.6 Å². The van der Waals surface area contributed by atoms with E-state index in [1.165, 1.54) is 25.7 Å². The highest BCUT2D eigenvalue weighted by molar-refractivity contribution is 5.80. The van der Waals surface area contributed by atoms with Crippen LogP contribution in [0.5, 0.6) is 0 Å². The van der Waals surface area contributed by atoms with Gasteiger partial charge in [0.05, 0.1) is 6.42 Å². The van der Waals surface area contributed by atoms with Gasteiger partial charge in [-0.05, 0) is 12.3 Å². The maximum absolute atomic E-state index is 11.5. The van der Waals surface area contributed by atoms with Gasteiger partial charge in [0.2, 0.25) is 5.91 Å². The normalized spacial score (nSPS) is 16.3. The molecule has 0 aliphatic heterocycles. The van der Waals surface area contributed by atoms with Gasteiger partial charge in [-0.25, -0.2) is 0 Å². The molecule has 1 aliphatic carbocycles. The Balaban J connectivity index is 2.15. The Kier molecular flexibility index (Phi) is 5.29. The monoisotopic (exact) mass is 227 g/mol. The van der Waals surface area contributed by atoms with Crippen molar-refractivity contribution < 1.29 is 14.7 Å². The van der Waals surface area contributed by atoms with Crippen LogP contribution in [0.4, 0.5) is 0 Å². The Hall–Kier alpha value is -1.06. The summed E-state index contributed by atoms with van der Waals surface area (Å²) < 4.78 is 0. The van der Waals surface area contributed by atoms with Crippen molar-refractivity contribution in [3.8, 4) is 0 Å². The summed E-state index contributed by atoms with van der Waals surface area (Å²) in [6.07, 6.45) is 6.34. The summed E-state index contributed by atoms with van der Waals surface area (Å²) in [6.45, 7) is 0.767. The highest BCUT2D eigenvalue weighted by Crippen LogP contribution is 2.27. The van der Waals surface area contributed by atoms with E-state index in [4.69, 9.17) is 5.11 Å². The highest BCUT2D eigenvalue weighted by atomic mass is 16.4. The Labute approximate surface area is 96.6 Å². The van der Waals surface area contributed by atoms with E-state index in [9.17, 15) is 9.59 Å². The second-order valence-corrected chi connectivity index (χ2v) is 4.65. The Bertz CT molecular complexity index is 247. The third-order valence-electron chi connectivity index (χ3n) is 3.33. The van der Waals surface area contributed by atoms with Gasteiger partial charge < -0.3 is 10.0 Å². The molecule has 1 rings (SSSR count). The fourth-order valence-electron chi connectivity index (χ4n) is 2.20. The van der Waals surface area contributed by atoms with E-state index < -0.39 is 5.97 Å². The number of carbonyl (C=O) groups is 2. The van der Waals surface area contributed by atoms with Crippen molar-refractivity contribution in [3.05, 3.63) is 0 Å². The van der Waals surface area contributed by atoms with Crippen molar-refractivity contribution in [1.29, 1.82) is 0 Å². The summed E-state index contributed by atoms with van der Waals surface area (Å²) >= 11 is 0. The fraction of sp³-hybridized carbons (Fsp3) is 0.833. The van der Waals surface area contributed by atoms with Crippen LogP contribution in [0.25, 0.3) is 0 Å². The smallest absolute Gasteiger partial charge is 0.303 e. The molecule has 4 heteroatoms. The Morgan fingerprint density at radius 2 is 1.88 bits per heavy atom.